The number of hydrogen-bond acceptors (Lipinski definition) is 7. The molecule has 1 saturated carbocycles. The predicted octanol–water partition coefficient (Wildman–Crippen LogP) is 2.37. The lowest BCUT2D eigenvalue weighted by molar-refractivity contribution is -0.384. The lowest BCUT2D eigenvalue weighted by Gasteiger charge is -2.35. The van der Waals surface area contributed by atoms with Gasteiger partial charge in [0.25, 0.3) is 5.69 Å². The van der Waals surface area contributed by atoms with Gasteiger partial charge in [-0.1, -0.05) is 12.1 Å². The summed E-state index contributed by atoms with van der Waals surface area (Å²) < 4.78 is 28.5. The van der Waals surface area contributed by atoms with Gasteiger partial charge < -0.3 is 13.8 Å². The van der Waals surface area contributed by atoms with Crippen molar-refractivity contribution in [1.82, 2.24) is 0 Å². The quantitative estimate of drug-likeness (QED) is 0.354. The largest absolute Gasteiger partial charge is 0.457 e. The van der Waals surface area contributed by atoms with Crippen LogP contribution in [0.3, 0.4) is 0 Å². The van der Waals surface area contributed by atoms with Gasteiger partial charge in [0, 0.05) is 32.8 Å². The number of benzene rings is 1. The first-order valence-electron chi connectivity index (χ1n) is 6.52. The summed E-state index contributed by atoms with van der Waals surface area (Å²) in [4.78, 5) is 21.5. The monoisotopic (exact) mass is 327 g/mol. The Morgan fingerprint density at radius 2 is 1.82 bits per heavy atom. The third-order valence-electron chi connectivity index (χ3n) is 4.41. The fraction of sp³-hybridized carbons (Fsp3) is 0.462. The standard InChI is InChI=1S/C13H14NO7P/c1-19-22(18,20-2)13(8-12(13)7-11(15)21-12)9-3-5-10(6-4-9)14(16)17/h3-6H,7-8H2,1-2H3/t12-,13+/m1/s1. The molecule has 1 spiro atoms. The third kappa shape index (κ3) is 1.71. The Bertz CT molecular complexity index is 685. The first kappa shape index (κ1) is 15.1. The van der Waals surface area contributed by atoms with E-state index in [-0.39, 0.29) is 18.1 Å². The number of non-ortho nitro benzene ring substituents is 1. The molecule has 1 aliphatic heterocycles. The lowest BCUT2D eigenvalue weighted by Crippen LogP contribution is -2.42. The molecule has 22 heavy (non-hydrogen) atoms. The topological polar surface area (TPSA) is 105 Å². The van der Waals surface area contributed by atoms with Crippen LogP contribution in [0.5, 0.6) is 0 Å². The maximum atomic E-state index is 13.0. The van der Waals surface area contributed by atoms with Crippen molar-refractivity contribution in [1.29, 1.82) is 0 Å². The number of ether oxygens (including phenoxy) is 1. The minimum atomic E-state index is -3.59. The van der Waals surface area contributed by atoms with Crippen molar-refractivity contribution in [2.24, 2.45) is 0 Å². The van der Waals surface area contributed by atoms with Crippen LogP contribution in [0.1, 0.15) is 18.4 Å². The van der Waals surface area contributed by atoms with Crippen molar-refractivity contribution in [3.8, 4) is 0 Å². The van der Waals surface area contributed by atoms with E-state index in [0.29, 0.717) is 12.0 Å². The number of esters is 1. The first-order valence-corrected chi connectivity index (χ1v) is 8.07. The van der Waals surface area contributed by atoms with E-state index in [9.17, 15) is 19.5 Å². The summed E-state index contributed by atoms with van der Waals surface area (Å²) in [6.07, 6.45) is 0.434. The molecule has 1 aromatic carbocycles. The molecule has 9 heteroatoms. The van der Waals surface area contributed by atoms with Crippen LogP contribution in [0.15, 0.2) is 24.3 Å². The maximum Gasteiger partial charge on any atom is 0.344 e. The molecular formula is C13H14NO7P. The zero-order valence-electron chi connectivity index (χ0n) is 12.0. The molecule has 2 fully saturated rings. The highest BCUT2D eigenvalue weighted by Crippen LogP contribution is 2.84. The molecule has 1 aromatic rings. The molecule has 2 atom stereocenters. The van der Waals surface area contributed by atoms with Crippen LogP contribution in [-0.2, 0) is 28.3 Å². The molecule has 1 saturated heterocycles. The Hall–Kier alpha value is -1.76. The number of hydrogen-bond donors (Lipinski definition) is 0. The number of carbonyl (C=O) groups is 1. The molecule has 1 aliphatic carbocycles. The second-order valence-electron chi connectivity index (χ2n) is 5.35. The highest BCUT2D eigenvalue weighted by molar-refractivity contribution is 7.55. The number of nitro benzene ring substituents is 1. The minimum absolute atomic E-state index is 0.0797. The molecule has 0 N–H and O–H groups in total. The van der Waals surface area contributed by atoms with Crippen LogP contribution in [0.25, 0.3) is 0 Å². The predicted molar refractivity (Wildman–Crippen MR) is 74.5 cm³/mol. The highest BCUT2D eigenvalue weighted by atomic mass is 31.2. The average molecular weight is 327 g/mol. The third-order valence-corrected chi connectivity index (χ3v) is 7.13. The second-order valence-corrected chi connectivity index (χ2v) is 7.84. The van der Waals surface area contributed by atoms with Crippen molar-refractivity contribution in [3.05, 3.63) is 39.9 Å². The Kier molecular flexibility index (Phi) is 3.18. The fourth-order valence-corrected chi connectivity index (χ4v) is 5.57. The van der Waals surface area contributed by atoms with E-state index in [1.807, 2.05) is 0 Å². The van der Waals surface area contributed by atoms with E-state index >= 15 is 0 Å². The zero-order chi connectivity index (χ0) is 16.2. The van der Waals surface area contributed by atoms with Crippen molar-refractivity contribution in [2.75, 3.05) is 14.2 Å². The maximum absolute atomic E-state index is 13.0. The summed E-state index contributed by atoms with van der Waals surface area (Å²) in [7, 11) is -1.06. The van der Waals surface area contributed by atoms with Gasteiger partial charge in [-0.15, -0.1) is 0 Å². The van der Waals surface area contributed by atoms with E-state index in [4.69, 9.17) is 13.8 Å². The molecule has 8 nitrogen and oxygen atoms in total. The number of nitro groups is 1. The molecule has 0 amide bonds. The number of rotatable bonds is 5. The van der Waals surface area contributed by atoms with Crippen LogP contribution >= 0.6 is 7.60 Å². The summed E-state index contributed by atoms with van der Waals surface area (Å²) in [5.74, 6) is -0.373. The van der Waals surface area contributed by atoms with Gasteiger partial charge in [0.1, 0.15) is 10.8 Å². The molecule has 1 heterocycles. The van der Waals surface area contributed by atoms with Gasteiger partial charge >= 0.3 is 13.6 Å². The van der Waals surface area contributed by atoms with E-state index < -0.39 is 23.3 Å². The summed E-state index contributed by atoms with van der Waals surface area (Å²) in [6, 6.07) is 5.64. The van der Waals surface area contributed by atoms with Crippen LogP contribution < -0.4 is 0 Å². The number of nitrogens with zero attached hydrogens (tertiary/aromatic N) is 1. The van der Waals surface area contributed by atoms with Gasteiger partial charge in [0.2, 0.25) is 0 Å². The van der Waals surface area contributed by atoms with Crippen molar-refractivity contribution in [2.45, 2.75) is 23.6 Å². The van der Waals surface area contributed by atoms with E-state index in [1.165, 1.54) is 38.5 Å². The molecule has 2 aliphatic rings. The van der Waals surface area contributed by atoms with Crippen LogP contribution in [0.4, 0.5) is 5.69 Å². The molecule has 0 radical (unpaired) electrons. The van der Waals surface area contributed by atoms with Crippen LogP contribution in [0.2, 0.25) is 0 Å². The number of carbonyl (C=O) groups excluding carboxylic acids is 1. The van der Waals surface area contributed by atoms with Crippen molar-refractivity contribution < 1.29 is 28.1 Å². The average Bonchev–Trinajstić information content (AvgIpc) is 3.18. The molecule has 0 unspecified atom stereocenters. The summed E-state index contributed by atoms with van der Waals surface area (Å²) in [5.41, 5.74) is -0.441. The molecule has 118 valence electrons. The SMILES string of the molecule is COP(=O)(OC)[C@]1(c2ccc([N+](=O)[O-])cc2)C[C@]12CC(=O)O2. The Balaban J connectivity index is 2.07. The Labute approximate surface area is 126 Å². The first-order chi connectivity index (χ1) is 10.3. The molecule has 0 aromatic heterocycles. The lowest BCUT2D eigenvalue weighted by atomic mass is 10.0. The Morgan fingerprint density at radius 3 is 2.23 bits per heavy atom. The van der Waals surface area contributed by atoms with Crippen LogP contribution in [-0.4, -0.2) is 30.7 Å². The smallest absolute Gasteiger partial charge is 0.344 e. The van der Waals surface area contributed by atoms with Gasteiger partial charge in [-0.25, -0.2) is 0 Å². The minimum Gasteiger partial charge on any atom is -0.457 e. The van der Waals surface area contributed by atoms with Crippen molar-refractivity contribution >= 4 is 19.3 Å². The van der Waals surface area contributed by atoms with Gasteiger partial charge in [-0.05, 0) is 5.56 Å². The molecular weight excluding hydrogens is 313 g/mol. The molecule has 0 bridgehead atoms. The zero-order valence-corrected chi connectivity index (χ0v) is 12.9. The van der Waals surface area contributed by atoms with Crippen molar-refractivity contribution in [3.63, 3.8) is 0 Å². The van der Waals surface area contributed by atoms with Gasteiger partial charge in [-0.3, -0.25) is 19.5 Å². The van der Waals surface area contributed by atoms with E-state index in [2.05, 4.69) is 0 Å². The normalized spacial score (nSPS) is 29.8. The van der Waals surface area contributed by atoms with Gasteiger partial charge in [0.15, 0.2) is 0 Å². The Morgan fingerprint density at radius 1 is 1.27 bits per heavy atom. The highest BCUT2D eigenvalue weighted by Gasteiger charge is 2.85. The van der Waals surface area contributed by atoms with Gasteiger partial charge in [-0.2, -0.15) is 0 Å². The van der Waals surface area contributed by atoms with Crippen LogP contribution in [0, 0.1) is 10.1 Å². The summed E-state index contributed by atoms with van der Waals surface area (Å²) >= 11 is 0. The van der Waals surface area contributed by atoms with E-state index in [0.717, 1.165) is 0 Å². The van der Waals surface area contributed by atoms with Gasteiger partial charge in [0.05, 0.1) is 11.3 Å². The summed E-state index contributed by atoms with van der Waals surface area (Å²) in [5, 5.41) is 9.65. The molecule has 3 rings (SSSR count). The van der Waals surface area contributed by atoms with E-state index in [1.54, 1.807) is 0 Å². The fourth-order valence-electron chi connectivity index (χ4n) is 3.26. The summed E-state index contributed by atoms with van der Waals surface area (Å²) in [6.45, 7) is 0. The second kappa shape index (κ2) is 4.62.